The predicted octanol–water partition coefficient (Wildman–Crippen LogP) is 1.92. The number of rotatable bonds is 5. The van der Waals surface area contributed by atoms with Gasteiger partial charge in [-0.3, -0.25) is 0 Å². The van der Waals surface area contributed by atoms with Crippen LogP contribution in [0.3, 0.4) is 0 Å². The Hall–Kier alpha value is -0.690. The molecule has 0 radical (unpaired) electrons. The van der Waals surface area contributed by atoms with Gasteiger partial charge in [0.1, 0.15) is 6.26 Å². The molecule has 1 aromatic heterocycles. The highest BCUT2D eigenvalue weighted by atomic mass is 32.2. The molecule has 0 fully saturated rings. The summed E-state index contributed by atoms with van der Waals surface area (Å²) in [6.07, 6.45) is -1.23. The van der Waals surface area contributed by atoms with Crippen molar-refractivity contribution in [2.75, 3.05) is 18.8 Å². The molecule has 0 bridgehead atoms. The maximum Gasteiger partial charge on any atom is 0.401 e. The summed E-state index contributed by atoms with van der Waals surface area (Å²) in [5.74, 6) is 0.497. The Balaban J connectivity index is 2.00. The second-order valence-electron chi connectivity index (χ2n) is 2.44. The van der Waals surface area contributed by atoms with E-state index in [0.717, 1.165) is 0 Å². The van der Waals surface area contributed by atoms with Gasteiger partial charge in [0.2, 0.25) is 0 Å². The number of aromatic nitrogens is 1. The quantitative estimate of drug-likeness (QED) is 0.615. The van der Waals surface area contributed by atoms with E-state index in [9.17, 15) is 13.2 Å². The first-order chi connectivity index (χ1) is 6.58. The zero-order valence-corrected chi connectivity index (χ0v) is 7.99. The van der Waals surface area contributed by atoms with Crippen LogP contribution in [0.1, 0.15) is 0 Å². The summed E-state index contributed by atoms with van der Waals surface area (Å²) in [7, 11) is 0. The van der Waals surface area contributed by atoms with Gasteiger partial charge in [-0.05, 0) is 0 Å². The van der Waals surface area contributed by atoms with Crippen LogP contribution in [0.25, 0.3) is 0 Å². The minimum absolute atomic E-state index is 0.270. The van der Waals surface area contributed by atoms with E-state index in [-0.39, 0.29) is 6.54 Å². The predicted molar refractivity (Wildman–Crippen MR) is 46.2 cm³/mol. The minimum atomic E-state index is -4.15. The maximum absolute atomic E-state index is 11.7. The molecule has 7 heteroatoms. The van der Waals surface area contributed by atoms with Crippen molar-refractivity contribution in [2.24, 2.45) is 0 Å². The summed E-state index contributed by atoms with van der Waals surface area (Å²) in [4.78, 5) is 3.81. The fraction of sp³-hybridized carbons (Fsp3) is 0.571. The zero-order valence-electron chi connectivity index (χ0n) is 7.17. The van der Waals surface area contributed by atoms with Gasteiger partial charge in [0.25, 0.3) is 5.22 Å². The molecule has 0 amide bonds. The molecule has 0 aliphatic rings. The maximum atomic E-state index is 11.7. The lowest BCUT2D eigenvalue weighted by atomic mass is 10.6. The van der Waals surface area contributed by atoms with Gasteiger partial charge in [0.15, 0.2) is 0 Å². The summed E-state index contributed by atoms with van der Waals surface area (Å²) < 4.78 is 39.9. The van der Waals surface area contributed by atoms with Gasteiger partial charge in [0, 0.05) is 12.3 Å². The minimum Gasteiger partial charge on any atom is -0.440 e. The molecule has 0 aliphatic heterocycles. The average Bonchev–Trinajstić information content (AvgIpc) is 2.54. The number of thioether (sulfide) groups is 1. The van der Waals surface area contributed by atoms with Crippen LogP contribution in [0.2, 0.25) is 0 Å². The molecule has 1 heterocycles. The van der Waals surface area contributed by atoms with Crippen molar-refractivity contribution in [1.82, 2.24) is 10.3 Å². The average molecular weight is 226 g/mol. The van der Waals surface area contributed by atoms with Crippen molar-refractivity contribution in [2.45, 2.75) is 11.4 Å². The Bertz CT molecular complexity index is 250. The third-order valence-electron chi connectivity index (χ3n) is 1.24. The summed E-state index contributed by atoms with van der Waals surface area (Å²) in [6.45, 7) is -0.689. The van der Waals surface area contributed by atoms with Gasteiger partial charge in [-0.15, -0.1) is 0 Å². The van der Waals surface area contributed by atoms with Gasteiger partial charge >= 0.3 is 6.18 Å². The van der Waals surface area contributed by atoms with Crippen molar-refractivity contribution in [1.29, 1.82) is 0 Å². The highest BCUT2D eigenvalue weighted by Gasteiger charge is 2.25. The third-order valence-corrected chi connectivity index (χ3v) is 2.10. The van der Waals surface area contributed by atoms with Crippen LogP contribution < -0.4 is 5.32 Å². The Kier molecular flexibility index (Phi) is 4.27. The number of nitrogens with one attached hydrogen (secondary N) is 1. The van der Waals surface area contributed by atoms with E-state index >= 15 is 0 Å². The van der Waals surface area contributed by atoms with Gasteiger partial charge < -0.3 is 9.73 Å². The van der Waals surface area contributed by atoms with E-state index < -0.39 is 12.7 Å². The molecule has 0 unspecified atom stereocenters. The Morgan fingerprint density at radius 3 is 2.86 bits per heavy atom. The van der Waals surface area contributed by atoms with Gasteiger partial charge in [0.05, 0.1) is 12.7 Å². The molecule has 0 aliphatic carbocycles. The standard InChI is InChI=1S/C7H9F3N2OS/c8-7(9,10)5-11-2-4-14-6-12-1-3-13-6/h1,3,11H,2,4-5H2. The highest BCUT2D eigenvalue weighted by molar-refractivity contribution is 7.99. The third kappa shape index (κ3) is 5.13. The molecule has 1 rings (SSSR count). The zero-order chi connectivity index (χ0) is 10.4. The molecule has 0 spiro atoms. The first kappa shape index (κ1) is 11.4. The summed E-state index contributed by atoms with van der Waals surface area (Å²) in [6, 6.07) is 0. The molecule has 14 heavy (non-hydrogen) atoms. The van der Waals surface area contributed by atoms with Crippen molar-refractivity contribution < 1.29 is 17.6 Å². The number of halogens is 3. The van der Waals surface area contributed by atoms with Crippen LogP contribution in [0.5, 0.6) is 0 Å². The number of oxazole rings is 1. The lowest BCUT2D eigenvalue weighted by molar-refractivity contribution is -0.124. The molecule has 0 saturated carbocycles. The Morgan fingerprint density at radius 2 is 2.29 bits per heavy atom. The van der Waals surface area contributed by atoms with Crippen molar-refractivity contribution in [3.63, 3.8) is 0 Å². The van der Waals surface area contributed by atoms with Crippen LogP contribution in [-0.4, -0.2) is 30.0 Å². The molecule has 0 atom stereocenters. The molecule has 1 N–H and O–H groups in total. The monoisotopic (exact) mass is 226 g/mol. The first-order valence-corrected chi connectivity index (χ1v) is 4.86. The highest BCUT2D eigenvalue weighted by Crippen LogP contribution is 2.14. The molecular formula is C7H9F3N2OS. The lowest BCUT2D eigenvalue weighted by Gasteiger charge is -2.06. The first-order valence-electron chi connectivity index (χ1n) is 3.88. The van der Waals surface area contributed by atoms with Crippen molar-refractivity contribution in [3.8, 4) is 0 Å². The summed E-state index contributed by atoms with van der Waals surface area (Å²) in [5, 5.41) is 2.74. The summed E-state index contributed by atoms with van der Waals surface area (Å²) >= 11 is 1.27. The number of hydrogen-bond donors (Lipinski definition) is 1. The van der Waals surface area contributed by atoms with Crippen LogP contribution in [0.15, 0.2) is 22.1 Å². The van der Waals surface area contributed by atoms with Crippen molar-refractivity contribution >= 4 is 11.8 Å². The van der Waals surface area contributed by atoms with E-state index in [0.29, 0.717) is 11.0 Å². The van der Waals surface area contributed by atoms with Crippen molar-refractivity contribution in [3.05, 3.63) is 12.5 Å². The number of nitrogens with zero attached hydrogens (tertiary/aromatic N) is 1. The van der Waals surface area contributed by atoms with Gasteiger partial charge in [-0.2, -0.15) is 13.2 Å². The van der Waals surface area contributed by atoms with E-state index in [4.69, 9.17) is 4.42 Å². The van der Waals surface area contributed by atoms with E-state index in [1.807, 2.05) is 0 Å². The number of hydrogen-bond acceptors (Lipinski definition) is 4. The largest absolute Gasteiger partial charge is 0.440 e. The topological polar surface area (TPSA) is 38.1 Å². The molecule has 3 nitrogen and oxygen atoms in total. The smallest absolute Gasteiger partial charge is 0.401 e. The lowest BCUT2D eigenvalue weighted by Crippen LogP contribution is -2.30. The Labute approximate surface area is 83.1 Å². The molecular weight excluding hydrogens is 217 g/mol. The second kappa shape index (κ2) is 5.26. The van der Waals surface area contributed by atoms with E-state index in [2.05, 4.69) is 10.3 Å². The second-order valence-corrected chi connectivity index (χ2v) is 3.48. The number of alkyl halides is 3. The molecule has 1 aromatic rings. The van der Waals surface area contributed by atoms with Crippen LogP contribution in [-0.2, 0) is 0 Å². The Morgan fingerprint density at radius 1 is 1.50 bits per heavy atom. The fourth-order valence-electron chi connectivity index (χ4n) is 0.722. The fourth-order valence-corrected chi connectivity index (χ4v) is 1.40. The van der Waals surface area contributed by atoms with E-state index in [1.165, 1.54) is 24.2 Å². The van der Waals surface area contributed by atoms with Crippen LogP contribution in [0.4, 0.5) is 13.2 Å². The molecule has 0 aromatic carbocycles. The SMILES string of the molecule is FC(F)(F)CNCCSc1ncco1. The van der Waals surface area contributed by atoms with Gasteiger partial charge in [-0.1, -0.05) is 11.8 Å². The summed E-state index contributed by atoms with van der Waals surface area (Å²) in [5.41, 5.74) is 0. The normalized spacial score (nSPS) is 11.9. The van der Waals surface area contributed by atoms with Gasteiger partial charge in [-0.25, -0.2) is 4.98 Å². The van der Waals surface area contributed by atoms with Crippen LogP contribution >= 0.6 is 11.8 Å². The van der Waals surface area contributed by atoms with Crippen LogP contribution in [0, 0.1) is 0 Å². The molecule has 0 saturated heterocycles. The molecule has 80 valence electrons. The van der Waals surface area contributed by atoms with E-state index in [1.54, 1.807) is 0 Å².